The molecule has 4 heterocycles. The predicted molar refractivity (Wildman–Crippen MR) is 165 cm³/mol. The number of urea groups is 1. The third-order valence-electron chi connectivity index (χ3n) is 10.5. The van der Waals surface area contributed by atoms with Crippen molar-refractivity contribution in [3.63, 3.8) is 0 Å². The molecule has 3 aliphatic heterocycles. The number of amides is 6. The Labute approximate surface area is 264 Å². The Morgan fingerprint density at radius 2 is 1.44 bits per heavy atom. The molecule has 45 heavy (non-hydrogen) atoms. The van der Waals surface area contributed by atoms with Gasteiger partial charge < -0.3 is 25.3 Å². The molecule has 13 heteroatoms. The van der Waals surface area contributed by atoms with Crippen molar-refractivity contribution in [1.82, 2.24) is 35.3 Å². The first-order chi connectivity index (χ1) is 21.5. The van der Waals surface area contributed by atoms with Gasteiger partial charge >= 0.3 is 6.03 Å². The van der Waals surface area contributed by atoms with Gasteiger partial charge in [-0.25, -0.2) is 14.8 Å². The standard InChI is InChI=1S/C32H46N8O5/c1-19(2)23(27(42)37-15-17-38(18-16-37)30-33-12-6-13-34-30)35-31(45)36-24(20(3)4)28(43)39-14-9-22-25(39)32(10-5-11-32)29(44)40(22)26(41)21-7-8-21/h6,12-13,19-25H,5,7-11,14-18H2,1-4H3,(H2,35,36,45)/t22-,23-,24-,25-/m0/s1. The summed E-state index contributed by atoms with van der Waals surface area (Å²) in [5.74, 6) is -0.442. The van der Waals surface area contributed by atoms with Gasteiger partial charge in [0.05, 0.1) is 17.5 Å². The maximum atomic E-state index is 14.1. The fourth-order valence-electron chi connectivity index (χ4n) is 7.64. The van der Waals surface area contributed by atoms with E-state index in [0.29, 0.717) is 57.9 Å². The molecule has 3 saturated heterocycles. The highest BCUT2D eigenvalue weighted by Crippen LogP contribution is 2.56. The lowest BCUT2D eigenvalue weighted by atomic mass is 9.64. The van der Waals surface area contributed by atoms with E-state index in [-0.39, 0.29) is 53.5 Å². The SMILES string of the molecule is CC(C)[C@H](NC(=O)N[C@H](C(=O)N1CC[C@H]2[C@H]1C1(CCC1)C(=O)N2C(=O)C1CC1)C(C)C)C(=O)N1CCN(c2ncccn2)CC1. The van der Waals surface area contributed by atoms with E-state index in [1.807, 2.05) is 32.6 Å². The summed E-state index contributed by atoms with van der Waals surface area (Å²) in [6.07, 6.45) is 7.84. The lowest BCUT2D eigenvalue weighted by Crippen LogP contribution is -2.61. The lowest BCUT2D eigenvalue weighted by Gasteiger charge is -2.44. The smallest absolute Gasteiger partial charge is 0.316 e. The van der Waals surface area contributed by atoms with Gasteiger partial charge in [-0.1, -0.05) is 34.1 Å². The minimum absolute atomic E-state index is 0.0679. The molecule has 1 aromatic rings. The second kappa shape index (κ2) is 12.2. The van der Waals surface area contributed by atoms with Crippen LogP contribution in [0, 0.1) is 23.2 Å². The molecule has 0 radical (unpaired) electrons. The molecule has 2 aliphatic carbocycles. The summed E-state index contributed by atoms with van der Waals surface area (Å²) >= 11 is 0. The maximum absolute atomic E-state index is 14.1. The van der Waals surface area contributed by atoms with Crippen LogP contribution in [0.3, 0.4) is 0 Å². The number of aromatic nitrogens is 2. The number of nitrogens with zero attached hydrogens (tertiary/aromatic N) is 6. The molecule has 0 bridgehead atoms. The number of imide groups is 1. The van der Waals surface area contributed by atoms with Gasteiger partial charge in [0.15, 0.2) is 0 Å². The Morgan fingerprint density at radius 3 is 1.98 bits per heavy atom. The zero-order valence-corrected chi connectivity index (χ0v) is 26.8. The highest BCUT2D eigenvalue weighted by molar-refractivity contribution is 6.04. The van der Waals surface area contributed by atoms with E-state index in [1.54, 1.807) is 28.3 Å². The fraction of sp³-hybridized carbons (Fsp3) is 0.719. The van der Waals surface area contributed by atoms with Crippen molar-refractivity contribution in [2.24, 2.45) is 23.2 Å². The Balaban J connectivity index is 1.10. The van der Waals surface area contributed by atoms with Crippen LogP contribution in [0.5, 0.6) is 0 Å². The van der Waals surface area contributed by atoms with Crippen LogP contribution in [-0.2, 0) is 19.2 Å². The monoisotopic (exact) mass is 622 g/mol. The molecule has 5 fully saturated rings. The van der Waals surface area contributed by atoms with Crippen molar-refractivity contribution in [2.75, 3.05) is 37.6 Å². The van der Waals surface area contributed by atoms with Gasteiger partial charge in [-0.05, 0) is 50.0 Å². The molecule has 6 rings (SSSR count). The number of hydrogen-bond acceptors (Lipinski definition) is 8. The minimum Gasteiger partial charge on any atom is -0.337 e. The number of carbonyl (C=O) groups excluding carboxylic acids is 5. The molecular formula is C32H46N8O5. The van der Waals surface area contributed by atoms with Crippen molar-refractivity contribution in [2.45, 2.75) is 90.4 Å². The summed E-state index contributed by atoms with van der Waals surface area (Å²) < 4.78 is 0. The maximum Gasteiger partial charge on any atom is 0.316 e. The first-order valence-corrected chi connectivity index (χ1v) is 16.6. The number of nitrogens with one attached hydrogen (secondary N) is 2. The zero-order valence-electron chi connectivity index (χ0n) is 26.8. The van der Waals surface area contributed by atoms with E-state index in [1.165, 1.54) is 4.90 Å². The van der Waals surface area contributed by atoms with Crippen molar-refractivity contribution in [3.8, 4) is 0 Å². The second-order valence-corrected chi connectivity index (χ2v) is 14.1. The Hall–Kier alpha value is -3.77. The highest BCUT2D eigenvalue weighted by Gasteiger charge is 2.68. The second-order valence-electron chi connectivity index (χ2n) is 14.1. The molecular weight excluding hydrogens is 576 g/mol. The van der Waals surface area contributed by atoms with Gasteiger partial charge in [-0.2, -0.15) is 0 Å². The number of hydrogen-bond donors (Lipinski definition) is 2. The normalized spacial score (nSPS) is 25.3. The van der Waals surface area contributed by atoms with Crippen LogP contribution in [0.25, 0.3) is 0 Å². The number of fused-ring (bicyclic) bond motifs is 2. The molecule has 6 amide bonds. The van der Waals surface area contributed by atoms with E-state index < -0.39 is 23.5 Å². The fourth-order valence-corrected chi connectivity index (χ4v) is 7.64. The number of piperazine rings is 1. The van der Waals surface area contributed by atoms with E-state index in [9.17, 15) is 24.0 Å². The Kier molecular flexibility index (Phi) is 8.47. The molecule has 2 N–H and O–H groups in total. The van der Waals surface area contributed by atoms with Gasteiger partial charge in [0.1, 0.15) is 12.1 Å². The molecule has 13 nitrogen and oxygen atoms in total. The van der Waals surface area contributed by atoms with Gasteiger partial charge in [0.25, 0.3) is 0 Å². The molecule has 1 spiro atoms. The van der Waals surface area contributed by atoms with Gasteiger partial charge in [-0.3, -0.25) is 24.1 Å². The van der Waals surface area contributed by atoms with Crippen molar-refractivity contribution < 1.29 is 24.0 Å². The zero-order chi connectivity index (χ0) is 32.0. The average Bonchev–Trinajstić information content (AvgIpc) is 3.72. The highest BCUT2D eigenvalue weighted by atomic mass is 16.2. The Morgan fingerprint density at radius 1 is 0.844 bits per heavy atom. The summed E-state index contributed by atoms with van der Waals surface area (Å²) in [5, 5.41) is 5.74. The molecule has 4 atom stereocenters. The van der Waals surface area contributed by atoms with Gasteiger partial charge in [0, 0.05) is 51.0 Å². The number of rotatable bonds is 8. The largest absolute Gasteiger partial charge is 0.337 e. The third-order valence-corrected chi connectivity index (χ3v) is 10.5. The van der Waals surface area contributed by atoms with Crippen LogP contribution >= 0.6 is 0 Å². The van der Waals surface area contributed by atoms with Crippen LogP contribution in [0.4, 0.5) is 10.7 Å². The van der Waals surface area contributed by atoms with Crippen LogP contribution < -0.4 is 15.5 Å². The van der Waals surface area contributed by atoms with E-state index >= 15 is 0 Å². The van der Waals surface area contributed by atoms with Crippen LogP contribution in [0.2, 0.25) is 0 Å². The summed E-state index contributed by atoms with van der Waals surface area (Å²) in [5.41, 5.74) is -0.697. The molecule has 0 unspecified atom stereocenters. The van der Waals surface area contributed by atoms with Crippen molar-refractivity contribution >= 4 is 35.6 Å². The number of likely N-dealkylation sites (tertiary alicyclic amines) is 2. The summed E-state index contributed by atoms with van der Waals surface area (Å²) in [4.78, 5) is 83.6. The van der Waals surface area contributed by atoms with Crippen LogP contribution in [0.15, 0.2) is 18.5 Å². The molecule has 5 aliphatic rings. The topological polar surface area (TPSA) is 148 Å². The summed E-state index contributed by atoms with van der Waals surface area (Å²) in [6, 6.07) is -1.08. The summed E-state index contributed by atoms with van der Waals surface area (Å²) in [7, 11) is 0. The van der Waals surface area contributed by atoms with Crippen molar-refractivity contribution in [3.05, 3.63) is 18.5 Å². The van der Waals surface area contributed by atoms with E-state index in [0.717, 1.165) is 19.3 Å². The Bertz CT molecular complexity index is 1320. The molecule has 0 aromatic carbocycles. The molecule has 2 saturated carbocycles. The number of carbonyl (C=O) groups is 5. The van der Waals surface area contributed by atoms with E-state index in [2.05, 4.69) is 20.6 Å². The van der Waals surface area contributed by atoms with Gasteiger partial charge in [-0.15, -0.1) is 0 Å². The minimum atomic E-state index is -0.846. The lowest BCUT2D eigenvalue weighted by molar-refractivity contribution is -0.152. The van der Waals surface area contributed by atoms with E-state index in [4.69, 9.17) is 0 Å². The third kappa shape index (κ3) is 5.63. The van der Waals surface area contributed by atoms with Crippen molar-refractivity contribution in [1.29, 1.82) is 0 Å². The number of anilines is 1. The average molecular weight is 623 g/mol. The predicted octanol–water partition coefficient (Wildman–Crippen LogP) is 1.39. The van der Waals surface area contributed by atoms with Crippen LogP contribution in [0.1, 0.15) is 66.2 Å². The molecule has 1 aromatic heterocycles. The quantitative estimate of drug-likeness (QED) is 0.414. The molecule has 244 valence electrons. The first-order valence-electron chi connectivity index (χ1n) is 16.6. The first kappa shape index (κ1) is 31.2. The van der Waals surface area contributed by atoms with Gasteiger partial charge in [0.2, 0.25) is 29.6 Å². The van der Waals surface area contributed by atoms with Crippen LogP contribution in [-0.4, -0.2) is 111 Å². The summed E-state index contributed by atoms with van der Waals surface area (Å²) in [6.45, 7) is 10.1.